The van der Waals surface area contributed by atoms with Gasteiger partial charge in [0.25, 0.3) is 0 Å². The molecule has 1 aliphatic carbocycles. The van der Waals surface area contributed by atoms with Crippen molar-refractivity contribution in [3.8, 4) is 0 Å². The summed E-state index contributed by atoms with van der Waals surface area (Å²) in [5, 5.41) is 14.5. The lowest BCUT2D eigenvalue weighted by atomic mass is 10.00. The van der Waals surface area contributed by atoms with Gasteiger partial charge in [-0.2, -0.15) is 13.2 Å². The fraction of sp³-hybridized carbons (Fsp3) is 0.562. The predicted octanol–water partition coefficient (Wildman–Crippen LogP) is 3.23. The van der Waals surface area contributed by atoms with Crippen molar-refractivity contribution in [1.29, 1.82) is 0 Å². The van der Waals surface area contributed by atoms with E-state index >= 15 is 0 Å². The largest absolute Gasteiger partial charge is 0.416 e. The van der Waals surface area contributed by atoms with Crippen LogP contribution in [-0.4, -0.2) is 23.8 Å². The van der Waals surface area contributed by atoms with Crippen molar-refractivity contribution in [2.75, 3.05) is 6.61 Å². The Labute approximate surface area is 133 Å². The molecule has 0 spiro atoms. The Balaban J connectivity index is 2.12. The van der Waals surface area contributed by atoms with E-state index in [1.54, 1.807) is 6.07 Å². The van der Waals surface area contributed by atoms with Crippen molar-refractivity contribution in [2.24, 2.45) is 5.92 Å². The average molecular weight is 330 g/mol. The van der Waals surface area contributed by atoms with Crippen LogP contribution in [0.15, 0.2) is 24.3 Å². The van der Waals surface area contributed by atoms with Gasteiger partial charge >= 0.3 is 12.2 Å². The van der Waals surface area contributed by atoms with Gasteiger partial charge in [-0.1, -0.05) is 19.1 Å². The van der Waals surface area contributed by atoms with Crippen LogP contribution in [0.25, 0.3) is 0 Å². The normalized spacial score (nSPS) is 17.4. The molecule has 2 amide bonds. The summed E-state index contributed by atoms with van der Waals surface area (Å²) in [5.41, 5.74) is -0.265. The van der Waals surface area contributed by atoms with Crippen LogP contribution in [0.1, 0.15) is 43.4 Å². The summed E-state index contributed by atoms with van der Waals surface area (Å²) in [4.78, 5) is 12.0. The van der Waals surface area contributed by atoms with E-state index in [1.165, 1.54) is 6.07 Å². The quantitative estimate of drug-likeness (QED) is 0.750. The van der Waals surface area contributed by atoms with Crippen LogP contribution in [-0.2, 0) is 6.18 Å². The van der Waals surface area contributed by atoms with Gasteiger partial charge in [0.1, 0.15) is 0 Å². The van der Waals surface area contributed by atoms with E-state index in [9.17, 15) is 18.0 Å². The van der Waals surface area contributed by atoms with Gasteiger partial charge in [-0.05, 0) is 42.9 Å². The van der Waals surface area contributed by atoms with E-state index in [0.717, 1.165) is 25.0 Å². The summed E-state index contributed by atoms with van der Waals surface area (Å²) in [7, 11) is 0. The van der Waals surface area contributed by atoms with E-state index < -0.39 is 23.8 Å². The molecule has 0 heterocycles. The lowest BCUT2D eigenvalue weighted by molar-refractivity contribution is -0.137. The number of benzene rings is 1. The van der Waals surface area contributed by atoms with Gasteiger partial charge in [0.2, 0.25) is 0 Å². The molecule has 7 heteroatoms. The van der Waals surface area contributed by atoms with Gasteiger partial charge in [0.15, 0.2) is 0 Å². The molecule has 0 aliphatic heterocycles. The summed E-state index contributed by atoms with van der Waals surface area (Å²) in [5.74, 6) is 0.151. The van der Waals surface area contributed by atoms with E-state index in [1.807, 2.05) is 6.92 Å². The zero-order valence-electron chi connectivity index (χ0n) is 12.9. The van der Waals surface area contributed by atoms with Gasteiger partial charge in [-0.25, -0.2) is 4.79 Å². The van der Waals surface area contributed by atoms with E-state index in [0.29, 0.717) is 12.0 Å². The number of amides is 2. The highest BCUT2D eigenvalue weighted by Gasteiger charge is 2.36. The number of hydrogen-bond donors (Lipinski definition) is 3. The smallest absolute Gasteiger partial charge is 0.394 e. The summed E-state index contributed by atoms with van der Waals surface area (Å²) in [6.07, 6.45) is -2.09. The minimum Gasteiger partial charge on any atom is -0.394 e. The molecule has 1 saturated carbocycles. The maximum absolute atomic E-state index is 12.8. The summed E-state index contributed by atoms with van der Waals surface area (Å²) in [6, 6.07) is 3.78. The van der Waals surface area contributed by atoms with Crippen LogP contribution < -0.4 is 10.6 Å². The maximum atomic E-state index is 12.8. The number of urea groups is 1. The lowest BCUT2D eigenvalue weighted by Gasteiger charge is -2.22. The first-order chi connectivity index (χ1) is 10.8. The molecule has 2 rings (SSSR count). The molecule has 128 valence electrons. The fourth-order valence-corrected chi connectivity index (χ4v) is 2.46. The van der Waals surface area contributed by atoms with E-state index in [2.05, 4.69) is 10.6 Å². The van der Waals surface area contributed by atoms with Crippen molar-refractivity contribution < 1.29 is 23.1 Å². The van der Waals surface area contributed by atoms with Crippen molar-refractivity contribution in [3.05, 3.63) is 35.4 Å². The molecule has 0 aromatic heterocycles. The highest BCUT2D eigenvalue weighted by molar-refractivity contribution is 5.75. The van der Waals surface area contributed by atoms with Crippen LogP contribution in [0.2, 0.25) is 0 Å². The Morgan fingerprint density at radius 1 is 1.35 bits per heavy atom. The number of nitrogens with one attached hydrogen (secondary N) is 2. The molecule has 1 fully saturated rings. The molecule has 0 bridgehead atoms. The fourth-order valence-electron chi connectivity index (χ4n) is 2.46. The summed E-state index contributed by atoms with van der Waals surface area (Å²) < 4.78 is 38.5. The predicted molar refractivity (Wildman–Crippen MR) is 79.7 cm³/mol. The third-order valence-corrected chi connectivity index (χ3v) is 4.00. The number of rotatable bonds is 6. The van der Waals surface area contributed by atoms with Crippen LogP contribution in [0.4, 0.5) is 18.0 Å². The number of carbonyl (C=O) groups is 1. The Kier molecular flexibility index (Phi) is 5.51. The van der Waals surface area contributed by atoms with Crippen molar-refractivity contribution in [2.45, 2.75) is 44.4 Å². The lowest BCUT2D eigenvalue weighted by Crippen LogP contribution is -2.45. The molecular formula is C16H21F3N2O2. The van der Waals surface area contributed by atoms with Crippen LogP contribution in [0.3, 0.4) is 0 Å². The Hall–Kier alpha value is -1.76. The van der Waals surface area contributed by atoms with Gasteiger partial charge in [0, 0.05) is 0 Å². The zero-order chi connectivity index (χ0) is 17.0. The molecule has 1 aromatic carbocycles. The third kappa shape index (κ3) is 4.86. The van der Waals surface area contributed by atoms with Gasteiger partial charge in [0.05, 0.1) is 24.3 Å². The van der Waals surface area contributed by atoms with Crippen LogP contribution in [0.5, 0.6) is 0 Å². The monoisotopic (exact) mass is 330 g/mol. The zero-order valence-corrected chi connectivity index (χ0v) is 12.9. The first-order valence-electron chi connectivity index (χ1n) is 7.70. The standard InChI is InChI=1S/C16H21F3N2O2/c1-2-13(9-22)20-15(23)21-14(10-6-7-10)11-4-3-5-12(8-11)16(17,18)19/h3-5,8,10,13-14,22H,2,6-7,9H2,1H3,(H2,20,21,23). The Morgan fingerprint density at radius 2 is 2.04 bits per heavy atom. The van der Waals surface area contributed by atoms with Crippen molar-refractivity contribution in [1.82, 2.24) is 10.6 Å². The van der Waals surface area contributed by atoms with Gasteiger partial charge < -0.3 is 15.7 Å². The number of halogens is 3. The molecule has 0 saturated heterocycles. The highest BCUT2D eigenvalue weighted by atomic mass is 19.4. The number of alkyl halides is 3. The minimum atomic E-state index is -4.41. The number of aliphatic hydroxyl groups excluding tert-OH is 1. The Bertz CT molecular complexity index is 540. The third-order valence-electron chi connectivity index (χ3n) is 4.00. The second kappa shape index (κ2) is 7.21. The molecule has 2 unspecified atom stereocenters. The SMILES string of the molecule is CCC(CO)NC(=O)NC(c1cccc(C(F)(F)F)c1)C1CC1. The van der Waals surface area contributed by atoms with Crippen LogP contribution >= 0.6 is 0 Å². The molecule has 1 aliphatic rings. The molecule has 3 N–H and O–H groups in total. The highest BCUT2D eigenvalue weighted by Crippen LogP contribution is 2.42. The second-order valence-corrected chi connectivity index (χ2v) is 5.84. The van der Waals surface area contributed by atoms with E-state index in [4.69, 9.17) is 5.11 Å². The van der Waals surface area contributed by atoms with Crippen molar-refractivity contribution in [3.63, 3.8) is 0 Å². The average Bonchev–Trinajstić information content (AvgIpc) is 3.34. The van der Waals surface area contributed by atoms with Crippen LogP contribution in [0, 0.1) is 5.92 Å². The van der Waals surface area contributed by atoms with Crippen molar-refractivity contribution >= 4 is 6.03 Å². The first-order valence-corrected chi connectivity index (χ1v) is 7.70. The molecule has 23 heavy (non-hydrogen) atoms. The molecule has 4 nitrogen and oxygen atoms in total. The number of hydrogen-bond acceptors (Lipinski definition) is 2. The van der Waals surface area contributed by atoms with Gasteiger partial charge in [-0.3, -0.25) is 0 Å². The first kappa shape index (κ1) is 17.6. The Morgan fingerprint density at radius 3 is 2.57 bits per heavy atom. The molecule has 1 aromatic rings. The second-order valence-electron chi connectivity index (χ2n) is 5.84. The summed E-state index contributed by atoms with van der Waals surface area (Å²) in [6.45, 7) is 1.65. The molecule has 2 atom stereocenters. The van der Waals surface area contributed by atoms with Gasteiger partial charge in [-0.15, -0.1) is 0 Å². The summed E-state index contributed by atoms with van der Waals surface area (Å²) >= 11 is 0. The maximum Gasteiger partial charge on any atom is 0.416 e. The topological polar surface area (TPSA) is 61.4 Å². The molecule has 0 radical (unpaired) electrons. The van der Waals surface area contributed by atoms with E-state index in [-0.39, 0.29) is 18.6 Å². The number of aliphatic hydroxyl groups is 1. The molecular weight excluding hydrogens is 309 g/mol. The minimum absolute atomic E-state index is 0.151. The number of carbonyl (C=O) groups excluding carboxylic acids is 1.